The van der Waals surface area contributed by atoms with Gasteiger partial charge in [0.25, 0.3) is 0 Å². The summed E-state index contributed by atoms with van der Waals surface area (Å²) in [6.07, 6.45) is 0.896. The number of carbonyl (C=O) groups is 2. The lowest BCUT2D eigenvalue weighted by atomic mass is 10.0. The minimum absolute atomic E-state index is 0.216. The topological polar surface area (TPSA) is 58.2 Å². The maximum Gasteiger partial charge on any atom is 0.240 e. The summed E-state index contributed by atoms with van der Waals surface area (Å²) in [5.41, 5.74) is -0.0458. The first-order chi connectivity index (χ1) is 11.5. The van der Waals surface area contributed by atoms with E-state index in [-0.39, 0.29) is 18.3 Å². The summed E-state index contributed by atoms with van der Waals surface area (Å²) in [6, 6.07) is 11.3. The third-order valence-electron chi connectivity index (χ3n) is 4.07. The summed E-state index contributed by atoms with van der Waals surface area (Å²) in [4.78, 5) is 24.7. The molecule has 1 saturated carbocycles. The Bertz CT molecular complexity index is 771. The van der Waals surface area contributed by atoms with Crippen LogP contribution in [0.15, 0.2) is 48.5 Å². The van der Waals surface area contributed by atoms with Crippen LogP contribution in [0.2, 0.25) is 0 Å². The highest BCUT2D eigenvalue weighted by molar-refractivity contribution is 6.13. The molecule has 24 heavy (non-hydrogen) atoms. The fourth-order valence-corrected chi connectivity index (χ4v) is 2.45. The molecule has 1 aliphatic carbocycles. The molecule has 0 spiro atoms. The van der Waals surface area contributed by atoms with Gasteiger partial charge in [-0.3, -0.25) is 9.59 Å². The molecular weight excluding hydrogens is 314 g/mol. The monoisotopic (exact) mass is 330 g/mol. The minimum Gasteiger partial charge on any atom is -0.351 e. The number of benzene rings is 2. The minimum atomic E-state index is -1.10. The van der Waals surface area contributed by atoms with Crippen LogP contribution in [0, 0.1) is 17.0 Å². The zero-order chi connectivity index (χ0) is 17.2. The third kappa shape index (κ3) is 3.42. The molecule has 0 saturated heterocycles. The Labute approximate surface area is 137 Å². The molecular formula is C18H16F2N2O2. The van der Waals surface area contributed by atoms with E-state index >= 15 is 0 Å². The van der Waals surface area contributed by atoms with Crippen LogP contribution < -0.4 is 10.6 Å². The van der Waals surface area contributed by atoms with E-state index in [1.807, 2.05) is 0 Å². The van der Waals surface area contributed by atoms with E-state index in [4.69, 9.17) is 0 Å². The number of carbonyl (C=O) groups excluding carboxylic acids is 2. The van der Waals surface area contributed by atoms with Crippen LogP contribution >= 0.6 is 0 Å². The first-order valence-electron chi connectivity index (χ1n) is 7.59. The Morgan fingerprint density at radius 1 is 0.958 bits per heavy atom. The fraction of sp³-hybridized carbons (Fsp3) is 0.222. The van der Waals surface area contributed by atoms with Gasteiger partial charge >= 0.3 is 0 Å². The zero-order valence-corrected chi connectivity index (χ0v) is 12.8. The standard InChI is InChI=1S/C18H16F2N2O2/c19-13-6-4-12(5-7-13)11-21-16(23)18(8-9-18)17(24)22-15-3-1-2-14(20)10-15/h1-7,10H,8-9,11H2,(H,21,23)(H,22,24). The number of nitrogens with one attached hydrogen (secondary N) is 2. The second-order valence-electron chi connectivity index (χ2n) is 5.86. The molecule has 0 atom stereocenters. The summed E-state index contributed by atoms with van der Waals surface area (Å²) < 4.78 is 26.0. The SMILES string of the molecule is O=C(NCc1ccc(F)cc1)C1(C(=O)Nc2cccc(F)c2)CC1. The van der Waals surface area contributed by atoms with Crippen molar-refractivity contribution in [2.45, 2.75) is 19.4 Å². The molecule has 0 aliphatic heterocycles. The van der Waals surface area contributed by atoms with E-state index in [0.29, 0.717) is 18.5 Å². The highest BCUT2D eigenvalue weighted by Gasteiger charge is 2.56. The molecule has 2 aromatic carbocycles. The van der Waals surface area contributed by atoms with Crippen LogP contribution in [-0.4, -0.2) is 11.8 Å². The van der Waals surface area contributed by atoms with Crippen molar-refractivity contribution < 1.29 is 18.4 Å². The molecule has 0 radical (unpaired) electrons. The second-order valence-corrected chi connectivity index (χ2v) is 5.86. The van der Waals surface area contributed by atoms with Crippen molar-refractivity contribution in [2.24, 2.45) is 5.41 Å². The van der Waals surface area contributed by atoms with E-state index in [0.717, 1.165) is 5.56 Å². The van der Waals surface area contributed by atoms with E-state index in [1.165, 1.54) is 30.3 Å². The lowest BCUT2D eigenvalue weighted by molar-refractivity contribution is -0.134. The van der Waals surface area contributed by atoms with Gasteiger partial charge in [0.1, 0.15) is 17.0 Å². The van der Waals surface area contributed by atoms with Gasteiger partial charge in [-0.25, -0.2) is 8.78 Å². The lowest BCUT2D eigenvalue weighted by Gasteiger charge is -2.15. The van der Waals surface area contributed by atoms with E-state index < -0.39 is 17.1 Å². The van der Waals surface area contributed by atoms with Crippen molar-refractivity contribution in [3.8, 4) is 0 Å². The molecule has 0 heterocycles. The zero-order valence-electron chi connectivity index (χ0n) is 12.8. The maximum atomic E-state index is 13.2. The van der Waals surface area contributed by atoms with Crippen molar-refractivity contribution in [2.75, 3.05) is 5.32 Å². The molecule has 0 aromatic heterocycles. The van der Waals surface area contributed by atoms with Crippen molar-refractivity contribution in [1.82, 2.24) is 5.32 Å². The fourth-order valence-electron chi connectivity index (χ4n) is 2.45. The maximum absolute atomic E-state index is 13.2. The largest absolute Gasteiger partial charge is 0.351 e. The van der Waals surface area contributed by atoms with Crippen LogP contribution in [0.4, 0.5) is 14.5 Å². The van der Waals surface area contributed by atoms with Crippen molar-refractivity contribution in [3.05, 3.63) is 65.7 Å². The van der Waals surface area contributed by atoms with E-state index in [9.17, 15) is 18.4 Å². The average molecular weight is 330 g/mol. The Kier molecular flexibility index (Phi) is 4.29. The first-order valence-corrected chi connectivity index (χ1v) is 7.59. The normalized spacial score (nSPS) is 14.8. The molecule has 1 fully saturated rings. The Morgan fingerprint density at radius 3 is 2.29 bits per heavy atom. The number of hydrogen-bond acceptors (Lipinski definition) is 2. The second kappa shape index (κ2) is 6.39. The smallest absolute Gasteiger partial charge is 0.240 e. The predicted molar refractivity (Wildman–Crippen MR) is 84.9 cm³/mol. The average Bonchev–Trinajstić information content (AvgIpc) is 3.36. The van der Waals surface area contributed by atoms with Crippen molar-refractivity contribution in [3.63, 3.8) is 0 Å². The molecule has 2 N–H and O–H groups in total. The Hall–Kier alpha value is -2.76. The first kappa shape index (κ1) is 16.1. The van der Waals surface area contributed by atoms with Crippen LogP contribution in [0.1, 0.15) is 18.4 Å². The van der Waals surface area contributed by atoms with Gasteiger partial charge in [0, 0.05) is 12.2 Å². The van der Waals surface area contributed by atoms with Crippen molar-refractivity contribution in [1.29, 1.82) is 0 Å². The van der Waals surface area contributed by atoms with Gasteiger partial charge in [-0.2, -0.15) is 0 Å². The van der Waals surface area contributed by atoms with Gasteiger partial charge < -0.3 is 10.6 Å². The number of halogens is 2. The van der Waals surface area contributed by atoms with Gasteiger partial charge in [-0.15, -0.1) is 0 Å². The van der Waals surface area contributed by atoms with Crippen LogP contribution in [0.25, 0.3) is 0 Å². The number of anilines is 1. The molecule has 0 unspecified atom stereocenters. The quantitative estimate of drug-likeness (QED) is 0.828. The van der Waals surface area contributed by atoms with Crippen LogP contribution in [0.5, 0.6) is 0 Å². The van der Waals surface area contributed by atoms with E-state index in [1.54, 1.807) is 18.2 Å². The molecule has 4 nitrogen and oxygen atoms in total. The van der Waals surface area contributed by atoms with Gasteiger partial charge in [-0.05, 0) is 48.7 Å². The summed E-state index contributed by atoms with van der Waals surface area (Å²) >= 11 is 0. The molecule has 6 heteroatoms. The van der Waals surface area contributed by atoms with Gasteiger partial charge in [0.05, 0.1) is 0 Å². The number of amides is 2. The van der Waals surface area contributed by atoms with Crippen molar-refractivity contribution >= 4 is 17.5 Å². The molecule has 1 aliphatic rings. The third-order valence-corrected chi connectivity index (χ3v) is 4.07. The molecule has 124 valence electrons. The van der Waals surface area contributed by atoms with Gasteiger partial charge in [0.15, 0.2) is 0 Å². The predicted octanol–water partition coefficient (Wildman–Crippen LogP) is 3.00. The Morgan fingerprint density at radius 2 is 1.67 bits per heavy atom. The van der Waals surface area contributed by atoms with Crippen LogP contribution in [-0.2, 0) is 16.1 Å². The summed E-state index contributed by atoms with van der Waals surface area (Å²) in [5.74, 6) is -1.62. The summed E-state index contributed by atoms with van der Waals surface area (Å²) in [6.45, 7) is 0.216. The number of hydrogen-bond donors (Lipinski definition) is 2. The highest BCUT2D eigenvalue weighted by atomic mass is 19.1. The Balaban J connectivity index is 1.61. The van der Waals surface area contributed by atoms with Gasteiger partial charge in [0.2, 0.25) is 11.8 Å². The molecule has 2 amide bonds. The van der Waals surface area contributed by atoms with Crippen LogP contribution in [0.3, 0.4) is 0 Å². The number of rotatable bonds is 5. The molecule has 3 rings (SSSR count). The highest BCUT2D eigenvalue weighted by Crippen LogP contribution is 2.46. The summed E-state index contributed by atoms with van der Waals surface area (Å²) in [7, 11) is 0. The summed E-state index contributed by atoms with van der Waals surface area (Å²) in [5, 5.41) is 5.29. The molecule has 2 aromatic rings. The molecule has 0 bridgehead atoms. The van der Waals surface area contributed by atoms with Gasteiger partial charge in [-0.1, -0.05) is 18.2 Å². The van der Waals surface area contributed by atoms with E-state index in [2.05, 4.69) is 10.6 Å². The lowest BCUT2D eigenvalue weighted by Crippen LogP contribution is -2.39.